The van der Waals surface area contributed by atoms with Crippen LogP contribution in [0.2, 0.25) is 0 Å². The zero-order valence-corrected chi connectivity index (χ0v) is 33.5. The van der Waals surface area contributed by atoms with Gasteiger partial charge in [-0.3, -0.25) is 0 Å². The topological polar surface area (TPSA) is 0 Å². The first-order valence-electron chi connectivity index (χ1n) is 18.7. The lowest BCUT2D eigenvalue weighted by molar-refractivity contribution is 0.0244. The van der Waals surface area contributed by atoms with E-state index < -0.39 is 10.0 Å². The van der Waals surface area contributed by atoms with Gasteiger partial charge < -0.3 is 0 Å². The van der Waals surface area contributed by atoms with Crippen LogP contribution in [0.5, 0.6) is 0 Å². The second kappa shape index (κ2) is 12.0. The summed E-state index contributed by atoms with van der Waals surface area (Å²) < 4.78 is 0. The first-order valence-corrected chi connectivity index (χ1v) is 20.9. The third-order valence-corrected chi connectivity index (χ3v) is 18.3. The molecule has 0 radical (unpaired) electrons. The van der Waals surface area contributed by atoms with Crippen LogP contribution in [0.25, 0.3) is 21.9 Å². The van der Waals surface area contributed by atoms with Gasteiger partial charge in [-0.05, 0) is 153 Å². The van der Waals surface area contributed by atoms with Gasteiger partial charge in [-0.25, -0.2) is 10.0 Å². The Hall–Kier alpha value is -1.73. The number of hydrogen-bond acceptors (Lipinski definition) is 0. The summed E-state index contributed by atoms with van der Waals surface area (Å²) in [6.45, 7) is 37.2. The van der Waals surface area contributed by atoms with Crippen molar-refractivity contribution in [2.45, 2.75) is 151 Å². The number of rotatable bonds is 5. The zero-order chi connectivity index (χ0) is 34.3. The summed E-state index contributed by atoms with van der Waals surface area (Å²) >= 11 is 0. The first-order chi connectivity index (χ1) is 21.2. The van der Waals surface area contributed by atoms with E-state index >= 15 is 0 Å². The van der Waals surface area contributed by atoms with Crippen LogP contribution in [-0.2, 0) is 23.7 Å². The maximum atomic E-state index is 2.78. The Balaban J connectivity index is 1.92. The van der Waals surface area contributed by atoms with Gasteiger partial charge in [-0.1, -0.05) is 114 Å². The molecule has 2 aliphatic rings. The smallest absolute Gasteiger partial charge is 0.00125 e. The predicted octanol–water partition coefficient (Wildman–Crippen LogP) is 13.4. The second-order valence-electron chi connectivity index (χ2n) is 18.8. The van der Waals surface area contributed by atoms with E-state index in [2.05, 4.69) is 140 Å². The molecule has 1 fully saturated rings. The SMILES string of the molecule is CCCS(C)(c1c(C)c(C)cc2c(-c3cc(C(C)(C)C)cc(C(C)(C)C)c3)c3c(cc12)CCC3)C1C(C)C(C)C(C)C(C)C1(C)C. The van der Waals surface area contributed by atoms with Gasteiger partial charge in [-0.2, -0.15) is 0 Å². The van der Waals surface area contributed by atoms with E-state index in [4.69, 9.17) is 0 Å². The normalized spacial score (nSPS) is 27.0. The number of benzene rings is 3. The van der Waals surface area contributed by atoms with Crippen LogP contribution in [0.4, 0.5) is 0 Å². The number of hydrogen-bond donors (Lipinski definition) is 0. The fraction of sp³-hybridized carbons (Fsp3) is 0.644. The third-order valence-electron chi connectivity index (χ3n) is 13.4. The Labute approximate surface area is 286 Å². The zero-order valence-electron chi connectivity index (χ0n) is 32.7. The van der Waals surface area contributed by atoms with Crippen molar-refractivity contribution in [1.29, 1.82) is 0 Å². The highest BCUT2D eigenvalue weighted by Crippen LogP contribution is 2.71. The molecule has 46 heavy (non-hydrogen) atoms. The highest BCUT2D eigenvalue weighted by Gasteiger charge is 2.54. The van der Waals surface area contributed by atoms with E-state index in [0.29, 0.717) is 17.1 Å². The Bertz CT molecular complexity index is 1590. The molecule has 0 heterocycles. The lowest BCUT2D eigenvalue weighted by Gasteiger charge is -2.62. The Kier molecular flexibility index (Phi) is 9.28. The molecule has 1 saturated carbocycles. The summed E-state index contributed by atoms with van der Waals surface area (Å²) in [6.07, 6.45) is 7.72. The molecule has 0 aromatic heterocycles. The van der Waals surface area contributed by atoms with Crippen LogP contribution in [0.3, 0.4) is 0 Å². The monoisotopic (exact) mass is 641 g/mol. The third kappa shape index (κ3) is 5.71. The van der Waals surface area contributed by atoms with Crippen molar-refractivity contribution in [2.75, 3.05) is 12.0 Å². The van der Waals surface area contributed by atoms with Crippen molar-refractivity contribution in [1.82, 2.24) is 0 Å². The maximum Gasteiger partial charge on any atom is 0.00125 e. The molecular formula is C45H68S. The molecule has 0 bridgehead atoms. The summed E-state index contributed by atoms with van der Waals surface area (Å²) in [5.41, 5.74) is 12.7. The predicted molar refractivity (Wildman–Crippen MR) is 209 cm³/mol. The molecule has 3 aromatic rings. The first kappa shape index (κ1) is 35.6. The van der Waals surface area contributed by atoms with E-state index in [1.54, 1.807) is 32.5 Å². The van der Waals surface area contributed by atoms with Crippen molar-refractivity contribution in [3.8, 4) is 11.1 Å². The van der Waals surface area contributed by atoms with E-state index in [1.807, 2.05) is 0 Å². The van der Waals surface area contributed by atoms with Crippen LogP contribution in [0.15, 0.2) is 35.2 Å². The highest BCUT2D eigenvalue weighted by atomic mass is 32.3. The van der Waals surface area contributed by atoms with Crippen LogP contribution in [0.1, 0.15) is 136 Å². The molecule has 6 unspecified atom stereocenters. The minimum Gasteiger partial charge on any atom is -0.213 e. The van der Waals surface area contributed by atoms with E-state index in [1.165, 1.54) is 59.1 Å². The number of fused-ring (bicyclic) bond motifs is 2. The Morgan fingerprint density at radius 2 is 1.35 bits per heavy atom. The fourth-order valence-electron chi connectivity index (χ4n) is 10.1. The minimum atomic E-state index is -1.17. The van der Waals surface area contributed by atoms with E-state index in [0.717, 1.165) is 11.8 Å². The summed E-state index contributed by atoms with van der Waals surface area (Å²) in [5, 5.41) is 3.80. The summed E-state index contributed by atoms with van der Waals surface area (Å²) in [6, 6.07) is 12.9. The van der Waals surface area contributed by atoms with E-state index in [-0.39, 0.29) is 16.2 Å². The molecule has 2 aliphatic carbocycles. The van der Waals surface area contributed by atoms with Gasteiger partial charge in [-0.15, -0.1) is 0 Å². The quantitative estimate of drug-likeness (QED) is 0.260. The Morgan fingerprint density at radius 1 is 0.761 bits per heavy atom. The van der Waals surface area contributed by atoms with Crippen molar-refractivity contribution in [2.24, 2.45) is 29.1 Å². The molecule has 0 saturated heterocycles. The number of aryl methyl sites for hydroxylation is 2. The molecule has 0 aliphatic heterocycles. The van der Waals surface area contributed by atoms with Gasteiger partial charge in [0.25, 0.3) is 0 Å². The summed E-state index contributed by atoms with van der Waals surface area (Å²) in [4.78, 5) is 1.75. The molecular weight excluding hydrogens is 573 g/mol. The summed E-state index contributed by atoms with van der Waals surface area (Å²) in [5.74, 6) is 4.22. The van der Waals surface area contributed by atoms with Crippen molar-refractivity contribution in [3.05, 3.63) is 63.7 Å². The largest absolute Gasteiger partial charge is 0.213 e. The fourth-order valence-corrected chi connectivity index (χ4v) is 16.0. The molecule has 0 N–H and O–H groups in total. The molecule has 0 spiro atoms. The second-order valence-corrected chi connectivity index (χ2v) is 22.4. The lowest BCUT2D eigenvalue weighted by Crippen LogP contribution is -2.53. The van der Waals surface area contributed by atoms with Gasteiger partial charge in [0.1, 0.15) is 0 Å². The van der Waals surface area contributed by atoms with Gasteiger partial charge in [0, 0.05) is 10.1 Å². The molecule has 1 heteroatoms. The van der Waals surface area contributed by atoms with Gasteiger partial charge in [0.15, 0.2) is 0 Å². The van der Waals surface area contributed by atoms with Crippen LogP contribution >= 0.6 is 10.0 Å². The lowest BCUT2D eigenvalue weighted by atomic mass is 9.57. The van der Waals surface area contributed by atoms with Crippen LogP contribution in [0, 0.1) is 42.9 Å². The molecule has 3 aromatic carbocycles. The Morgan fingerprint density at radius 3 is 1.89 bits per heavy atom. The molecule has 6 atom stereocenters. The van der Waals surface area contributed by atoms with Gasteiger partial charge in [0.2, 0.25) is 0 Å². The van der Waals surface area contributed by atoms with Gasteiger partial charge in [0.05, 0.1) is 0 Å². The van der Waals surface area contributed by atoms with E-state index in [9.17, 15) is 0 Å². The standard InChI is InChI=1S/C45H68S/c1-17-21-46(16,42-31(6)29(4)30(5)32(7)45(42,14)15)41-28(3)27(2)22-38-39(41)25-33-19-18-20-37(33)40(38)34-23-35(43(8,9)10)26-36(24-34)44(11,12)13/h22-26,29-32,42H,17-21H2,1-16H3. The summed E-state index contributed by atoms with van der Waals surface area (Å²) in [7, 11) is -1.17. The van der Waals surface area contributed by atoms with Gasteiger partial charge >= 0.3 is 0 Å². The highest BCUT2D eigenvalue weighted by molar-refractivity contribution is 8.33. The average molecular weight is 641 g/mol. The minimum absolute atomic E-state index is 0.0957. The average Bonchev–Trinajstić information content (AvgIpc) is 3.41. The maximum absolute atomic E-state index is 2.78. The van der Waals surface area contributed by atoms with Crippen LogP contribution in [-0.4, -0.2) is 17.3 Å². The molecule has 254 valence electrons. The van der Waals surface area contributed by atoms with Crippen molar-refractivity contribution in [3.63, 3.8) is 0 Å². The molecule has 0 nitrogen and oxygen atoms in total. The van der Waals surface area contributed by atoms with Crippen LogP contribution < -0.4 is 0 Å². The van der Waals surface area contributed by atoms with Crippen molar-refractivity contribution >= 4 is 20.8 Å². The molecule has 5 rings (SSSR count). The molecule has 0 amide bonds. The van der Waals surface area contributed by atoms with Crippen molar-refractivity contribution < 1.29 is 0 Å².